The summed E-state index contributed by atoms with van der Waals surface area (Å²) in [5.74, 6) is 0. The lowest BCUT2D eigenvalue weighted by atomic mass is 9.96. The standard InChI is InChI=1S/C64H40N2O2/c1-2-18-48-41(14-1)15-12-23-49(48)42-30-34-45(35-31-42)65(46-36-32-43(33-37-46)50-24-13-29-61-63(50)55-22-6-10-28-60(55)67-61)58-39-38-54-53-21-5-9-27-59(53)68-64(54)62(58)44-16-11-17-47(40-44)66-56-25-7-3-19-51(56)52-20-4-8-26-57(52)66/h1-40H. The van der Waals surface area contributed by atoms with Crippen molar-refractivity contribution >= 4 is 93.5 Å². The summed E-state index contributed by atoms with van der Waals surface area (Å²) in [7, 11) is 0. The van der Waals surface area contributed by atoms with Crippen LogP contribution in [0.4, 0.5) is 17.1 Å². The van der Waals surface area contributed by atoms with Crippen LogP contribution in [-0.4, -0.2) is 4.57 Å². The Balaban J connectivity index is 0.996. The summed E-state index contributed by atoms with van der Waals surface area (Å²) >= 11 is 0. The summed E-state index contributed by atoms with van der Waals surface area (Å²) in [5, 5.41) is 9.31. The molecule has 0 N–H and O–H groups in total. The smallest absolute Gasteiger partial charge is 0.145 e. The van der Waals surface area contributed by atoms with Crippen molar-refractivity contribution in [2.75, 3.05) is 4.90 Å². The Kier molecular flexibility index (Phi) is 8.55. The molecule has 0 unspecified atom stereocenters. The van der Waals surface area contributed by atoms with Gasteiger partial charge in [0.1, 0.15) is 22.3 Å². The molecule has 0 aliphatic heterocycles. The van der Waals surface area contributed by atoms with E-state index in [1.54, 1.807) is 0 Å². The third-order valence-electron chi connectivity index (χ3n) is 13.8. The number of benzene rings is 11. The van der Waals surface area contributed by atoms with E-state index in [0.717, 1.165) is 94.4 Å². The first kappa shape index (κ1) is 38.2. The number of hydrogen-bond acceptors (Lipinski definition) is 3. The van der Waals surface area contributed by atoms with E-state index in [1.807, 2.05) is 18.2 Å². The Bertz CT molecular complexity index is 4210. The Labute approximate surface area is 391 Å². The first-order valence-electron chi connectivity index (χ1n) is 23.2. The maximum atomic E-state index is 6.99. The fourth-order valence-corrected chi connectivity index (χ4v) is 10.7. The molecule has 11 aromatic carbocycles. The number of furan rings is 2. The van der Waals surface area contributed by atoms with Crippen LogP contribution in [-0.2, 0) is 0 Å². The highest BCUT2D eigenvalue weighted by molar-refractivity contribution is 6.15. The van der Waals surface area contributed by atoms with E-state index >= 15 is 0 Å². The van der Waals surface area contributed by atoms with Gasteiger partial charge in [0, 0.05) is 54.9 Å². The molecule has 0 bridgehead atoms. The zero-order valence-electron chi connectivity index (χ0n) is 36.8. The van der Waals surface area contributed by atoms with Gasteiger partial charge in [0.05, 0.1) is 16.7 Å². The lowest BCUT2D eigenvalue weighted by Gasteiger charge is -2.28. The predicted molar refractivity (Wildman–Crippen MR) is 284 cm³/mol. The highest BCUT2D eigenvalue weighted by Crippen LogP contribution is 2.48. The summed E-state index contributed by atoms with van der Waals surface area (Å²) in [6.45, 7) is 0. The van der Waals surface area contributed by atoms with Gasteiger partial charge in [-0.25, -0.2) is 0 Å². The second-order valence-corrected chi connectivity index (χ2v) is 17.6. The van der Waals surface area contributed by atoms with E-state index in [-0.39, 0.29) is 0 Å². The third-order valence-corrected chi connectivity index (χ3v) is 13.8. The van der Waals surface area contributed by atoms with Crippen LogP contribution in [0.1, 0.15) is 0 Å². The van der Waals surface area contributed by atoms with Crippen LogP contribution in [0.15, 0.2) is 251 Å². The predicted octanol–water partition coefficient (Wildman–Crippen LogP) is 18.2. The van der Waals surface area contributed by atoms with Crippen LogP contribution in [0.5, 0.6) is 0 Å². The van der Waals surface area contributed by atoms with Gasteiger partial charge in [-0.05, 0) is 117 Å². The molecular weight excluding hydrogens is 829 g/mol. The minimum atomic E-state index is 0.843. The van der Waals surface area contributed by atoms with Crippen molar-refractivity contribution in [3.05, 3.63) is 243 Å². The third kappa shape index (κ3) is 5.94. The largest absolute Gasteiger partial charge is 0.456 e. The van der Waals surface area contributed by atoms with Gasteiger partial charge in [0.25, 0.3) is 0 Å². The van der Waals surface area contributed by atoms with Crippen molar-refractivity contribution < 1.29 is 8.83 Å². The second-order valence-electron chi connectivity index (χ2n) is 17.6. The van der Waals surface area contributed by atoms with Gasteiger partial charge < -0.3 is 18.3 Å². The SMILES string of the molecule is c1cc(-c2c(N(c3ccc(-c4cccc5ccccc45)cc3)c3ccc(-c4cccc5oc6ccccc6c45)cc3)ccc3c2oc2ccccc23)cc(-n2c3ccccc3c3ccccc32)c1. The zero-order chi connectivity index (χ0) is 44.7. The van der Waals surface area contributed by atoms with Crippen LogP contribution in [0.25, 0.3) is 116 Å². The molecule has 3 heterocycles. The molecule has 0 saturated heterocycles. The molecule has 0 atom stereocenters. The molecule has 0 radical (unpaired) electrons. The van der Waals surface area contributed by atoms with Gasteiger partial charge in [0.2, 0.25) is 0 Å². The highest BCUT2D eigenvalue weighted by Gasteiger charge is 2.24. The number of fused-ring (bicyclic) bond motifs is 10. The fourth-order valence-electron chi connectivity index (χ4n) is 10.7. The molecule has 14 aromatic rings. The first-order chi connectivity index (χ1) is 33.7. The van der Waals surface area contributed by atoms with Gasteiger partial charge in [-0.3, -0.25) is 0 Å². The average molecular weight is 869 g/mol. The number of nitrogens with zero attached hydrogens (tertiary/aromatic N) is 2. The molecule has 4 heteroatoms. The summed E-state index contributed by atoms with van der Waals surface area (Å²) in [6.07, 6.45) is 0. The molecule has 0 aliphatic rings. The molecule has 0 saturated carbocycles. The average Bonchev–Trinajstić information content (AvgIpc) is 4.09. The van der Waals surface area contributed by atoms with E-state index in [9.17, 15) is 0 Å². The van der Waals surface area contributed by atoms with Crippen LogP contribution in [0.3, 0.4) is 0 Å². The molecule has 68 heavy (non-hydrogen) atoms. The molecular formula is C64H40N2O2. The summed E-state index contributed by atoms with van der Waals surface area (Å²) in [4.78, 5) is 2.39. The Morgan fingerprint density at radius 1 is 0.338 bits per heavy atom. The van der Waals surface area contributed by atoms with Crippen molar-refractivity contribution in [2.45, 2.75) is 0 Å². The van der Waals surface area contributed by atoms with Crippen molar-refractivity contribution in [3.63, 3.8) is 0 Å². The maximum absolute atomic E-state index is 6.99. The minimum Gasteiger partial charge on any atom is -0.456 e. The monoisotopic (exact) mass is 868 g/mol. The molecule has 0 spiro atoms. The normalized spacial score (nSPS) is 11.8. The Morgan fingerprint density at radius 2 is 0.882 bits per heavy atom. The van der Waals surface area contributed by atoms with Crippen molar-refractivity contribution in [1.82, 2.24) is 4.57 Å². The number of anilines is 3. The van der Waals surface area contributed by atoms with Gasteiger partial charge in [-0.1, -0.05) is 164 Å². The zero-order valence-corrected chi connectivity index (χ0v) is 36.8. The van der Waals surface area contributed by atoms with Crippen molar-refractivity contribution in [3.8, 4) is 39.1 Å². The van der Waals surface area contributed by atoms with E-state index in [1.165, 1.54) is 38.1 Å². The quantitative estimate of drug-likeness (QED) is 0.160. The molecule has 0 aliphatic carbocycles. The molecule has 4 nitrogen and oxygen atoms in total. The second kappa shape index (κ2) is 15.2. The van der Waals surface area contributed by atoms with Crippen LogP contribution >= 0.6 is 0 Å². The Hall–Kier alpha value is -9.12. The van der Waals surface area contributed by atoms with E-state index in [2.05, 4.69) is 234 Å². The summed E-state index contributed by atoms with van der Waals surface area (Å²) in [5.41, 5.74) is 16.6. The topological polar surface area (TPSA) is 34.5 Å². The fraction of sp³-hybridized carbons (Fsp3) is 0. The van der Waals surface area contributed by atoms with Gasteiger partial charge >= 0.3 is 0 Å². The van der Waals surface area contributed by atoms with E-state index in [0.29, 0.717) is 0 Å². The lowest BCUT2D eigenvalue weighted by molar-refractivity contribution is 0.669. The number of rotatable bonds is 7. The van der Waals surface area contributed by atoms with Crippen LogP contribution < -0.4 is 4.90 Å². The summed E-state index contributed by atoms with van der Waals surface area (Å²) < 4.78 is 15.7. The molecule has 3 aromatic heterocycles. The van der Waals surface area contributed by atoms with Gasteiger partial charge in [-0.15, -0.1) is 0 Å². The molecule has 14 rings (SSSR count). The number of aromatic nitrogens is 1. The van der Waals surface area contributed by atoms with Gasteiger partial charge in [0.15, 0.2) is 0 Å². The summed E-state index contributed by atoms with van der Waals surface area (Å²) in [6, 6.07) is 87.0. The molecule has 0 amide bonds. The first-order valence-corrected chi connectivity index (χ1v) is 23.2. The minimum absolute atomic E-state index is 0.843. The Morgan fingerprint density at radius 3 is 1.62 bits per heavy atom. The number of hydrogen-bond donors (Lipinski definition) is 0. The van der Waals surface area contributed by atoms with Crippen LogP contribution in [0.2, 0.25) is 0 Å². The maximum Gasteiger partial charge on any atom is 0.145 e. The van der Waals surface area contributed by atoms with E-state index < -0.39 is 0 Å². The van der Waals surface area contributed by atoms with Gasteiger partial charge in [-0.2, -0.15) is 0 Å². The molecule has 318 valence electrons. The molecule has 0 fully saturated rings. The van der Waals surface area contributed by atoms with E-state index in [4.69, 9.17) is 8.83 Å². The lowest BCUT2D eigenvalue weighted by Crippen LogP contribution is -2.11. The number of para-hydroxylation sites is 4. The van der Waals surface area contributed by atoms with Crippen molar-refractivity contribution in [2.24, 2.45) is 0 Å². The van der Waals surface area contributed by atoms with Crippen LogP contribution in [0, 0.1) is 0 Å². The highest BCUT2D eigenvalue weighted by atomic mass is 16.3. The van der Waals surface area contributed by atoms with Crippen molar-refractivity contribution in [1.29, 1.82) is 0 Å².